The second-order valence-electron chi connectivity index (χ2n) is 7.50. The minimum Gasteiger partial charge on any atom is -0.489 e. The SMILES string of the molecule is CC(=O)Cc1ccc(C)cc1OCc1cc(-c2ccnc(CN)c2)c2occc2c1. The van der Waals surface area contributed by atoms with E-state index in [1.807, 2.05) is 43.3 Å². The summed E-state index contributed by atoms with van der Waals surface area (Å²) in [6, 6.07) is 15.9. The molecular formula is C25H24N2O3. The Morgan fingerprint density at radius 1 is 1.13 bits per heavy atom. The fraction of sp³-hybridized carbons (Fsp3) is 0.200. The average molecular weight is 400 g/mol. The number of hydrogen-bond donors (Lipinski definition) is 1. The number of nitrogens with two attached hydrogens (primary N) is 1. The molecule has 0 radical (unpaired) electrons. The van der Waals surface area contributed by atoms with Crippen molar-refractivity contribution in [1.82, 2.24) is 4.98 Å². The Morgan fingerprint density at radius 3 is 2.80 bits per heavy atom. The zero-order valence-corrected chi connectivity index (χ0v) is 17.1. The first-order chi connectivity index (χ1) is 14.5. The minimum absolute atomic E-state index is 0.110. The Kier molecular flexibility index (Phi) is 5.63. The lowest BCUT2D eigenvalue weighted by atomic mass is 10.0. The van der Waals surface area contributed by atoms with Crippen LogP contribution in [0.1, 0.15) is 29.3 Å². The first-order valence-electron chi connectivity index (χ1n) is 9.91. The summed E-state index contributed by atoms with van der Waals surface area (Å²) in [5.74, 6) is 0.854. The van der Waals surface area contributed by atoms with E-state index in [1.54, 1.807) is 19.4 Å². The molecule has 0 aliphatic heterocycles. The second kappa shape index (κ2) is 8.51. The van der Waals surface area contributed by atoms with Crippen LogP contribution in [0, 0.1) is 6.92 Å². The summed E-state index contributed by atoms with van der Waals surface area (Å²) in [6.07, 6.45) is 3.81. The predicted octanol–water partition coefficient (Wildman–Crippen LogP) is 4.97. The van der Waals surface area contributed by atoms with Gasteiger partial charge in [0.15, 0.2) is 0 Å². The van der Waals surface area contributed by atoms with Crippen LogP contribution in [0.5, 0.6) is 5.75 Å². The maximum absolute atomic E-state index is 11.6. The summed E-state index contributed by atoms with van der Waals surface area (Å²) in [7, 11) is 0. The molecule has 0 fully saturated rings. The molecule has 152 valence electrons. The summed E-state index contributed by atoms with van der Waals surface area (Å²) in [4.78, 5) is 15.9. The van der Waals surface area contributed by atoms with Gasteiger partial charge < -0.3 is 14.9 Å². The number of carbonyl (C=O) groups excluding carboxylic acids is 1. The van der Waals surface area contributed by atoms with Gasteiger partial charge in [0, 0.05) is 35.7 Å². The molecule has 0 spiro atoms. The lowest BCUT2D eigenvalue weighted by Gasteiger charge is -2.13. The third-order valence-electron chi connectivity index (χ3n) is 5.00. The van der Waals surface area contributed by atoms with Crippen molar-refractivity contribution in [1.29, 1.82) is 0 Å². The molecule has 4 rings (SSSR count). The maximum atomic E-state index is 11.6. The summed E-state index contributed by atoms with van der Waals surface area (Å²) >= 11 is 0. The third kappa shape index (κ3) is 4.26. The van der Waals surface area contributed by atoms with Crippen LogP contribution in [-0.2, 0) is 24.4 Å². The largest absolute Gasteiger partial charge is 0.489 e. The zero-order chi connectivity index (χ0) is 21.1. The highest BCUT2D eigenvalue weighted by molar-refractivity contribution is 5.93. The first kappa shape index (κ1) is 19.9. The van der Waals surface area contributed by atoms with Gasteiger partial charge in [0.2, 0.25) is 0 Å². The van der Waals surface area contributed by atoms with E-state index in [9.17, 15) is 4.79 Å². The fourth-order valence-electron chi connectivity index (χ4n) is 3.57. The standard InChI is InChI=1S/C25H24N2O3/c1-16-3-4-20(10-17(2)28)24(9-16)30-15-18-11-21-6-8-29-25(21)23(12-18)19-5-7-27-22(13-19)14-26/h3-9,11-13H,10,14-15,26H2,1-2H3. The molecule has 0 atom stereocenters. The highest BCUT2D eigenvalue weighted by Crippen LogP contribution is 2.32. The van der Waals surface area contributed by atoms with Crippen LogP contribution in [0.4, 0.5) is 0 Å². The van der Waals surface area contributed by atoms with E-state index in [0.717, 1.165) is 50.2 Å². The number of fused-ring (bicyclic) bond motifs is 1. The topological polar surface area (TPSA) is 78.3 Å². The molecule has 0 saturated heterocycles. The van der Waals surface area contributed by atoms with Crippen LogP contribution in [0.3, 0.4) is 0 Å². The van der Waals surface area contributed by atoms with Crippen molar-refractivity contribution < 1.29 is 13.9 Å². The van der Waals surface area contributed by atoms with E-state index in [4.69, 9.17) is 14.9 Å². The van der Waals surface area contributed by atoms with E-state index >= 15 is 0 Å². The molecule has 0 bridgehead atoms. The van der Waals surface area contributed by atoms with Gasteiger partial charge in [-0.25, -0.2) is 0 Å². The van der Waals surface area contributed by atoms with Crippen molar-refractivity contribution in [2.24, 2.45) is 5.73 Å². The monoisotopic (exact) mass is 400 g/mol. The van der Waals surface area contributed by atoms with Gasteiger partial charge >= 0.3 is 0 Å². The number of hydrogen-bond acceptors (Lipinski definition) is 5. The van der Waals surface area contributed by atoms with E-state index in [-0.39, 0.29) is 5.78 Å². The van der Waals surface area contributed by atoms with E-state index in [1.165, 1.54) is 0 Å². The quantitative estimate of drug-likeness (QED) is 0.474. The predicted molar refractivity (Wildman–Crippen MR) is 117 cm³/mol. The Balaban J connectivity index is 1.68. The van der Waals surface area contributed by atoms with Gasteiger partial charge in [-0.2, -0.15) is 0 Å². The number of rotatable bonds is 7. The number of nitrogens with zero attached hydrogens (tertiary/aromatic N) is 1. The molecular weight excluding hydrogens is 376 g/mol. The summed E-state index contributed by atoms with van der Waals surface area (Å²) in [5.41, 5.74) is 12.4. The van der Waals surface area contributed by atoms with Crippen LogP contribution in [-0.4, -0.2) is 10.8 Å². The Hall–Kier alpha value is -3.44. The van der Waals surface area contributed by atoms with Crippen LogP contribution < -0.4 is 10.5 Å². The van der Waals surface area contributed by atoms with Gasteiger partial charge in [0.1, 0.15) is 23.7 Å². The Morgan fingerprint density at radius 2 is 2.00 bits per heavy atom. The highest BCUT2D eigenvalue weighted by atomic mass is 16.5. The maximum Gasteiger partial charge on any atom is 0.141 e. The van der Waals surface area contributed by atoms with Crippen LogP contribution in [0.25, 0.3) is 22.1 Å². The van der Waals surface area contributed by atoms with Crippen molar-refractivity contribution in [3.05, 3.63) is 83.4 Å². The van der Waals surface area contributed by atoms with Crippen molar-refractivity contribution in [2.75, 3.05) is 0 Å². The molecule has 2 aromatic carbocycles. The van der Waals surface area contributed by atoms with Gasteiger partial charge in [-0.05, 0) is 66.9 Å². The van der Waals surface area contributed by atoms with Crippen molar-refractivity contribution >= 4 is 16.8 Å². The normalized spacial score (nSPS) is 11.0. The number of ketones is 1. The number of Topliss-reactive ketones (excluding diaryl/α,β-unsaturated/α-hetero) is 1. The molecule has 4 aromatic rings. The first-order valence-corrected chi connectivity index (χ1v) is 9.91. The van der Waals surface area contributed by atoms with Crippen molar-refractivity contribution in [3.63, 3.8) is 0 Å². The number of furan rings is 1. The number of benzene rings is 2. The van der Waals surface area contributed by atoms with E-state index in [0.29, 0.717) is 19.6 Å². The number of ether oxygens (including phenoxy) is 1. The van der Waals surface area contributed by atoms with Gasteiger partial charge in [-0.3, -0.25) is 9.78 Å². The van der Waals surface area contributed by atoms with E-state index in [2.05, 4.69) is 17.1 Å². The smallest absolute Gasteiger partial charge is 0.141 e. The van der Waals surface area contributed by atoms with Gasteiger partial charge in [0.25, 0.3) is 0 Å². The molecule has 5 heteroatoms. The molecule has 0 aliphatic carbocycles. The molecule has 0 unspecified atom stereocenters. The Bertz CT molecular complexity index is 1210. The number of pyridine rings is 1. The Labute approximate surface area is 175 Å². The average Bonchev–Trinajstić information content (AvgIpc) is 3.21. The summed E-state index contributed by atoms with van der Waals surface area (Å²) in [5, 5.41) is 1.01. The van der Waals surface area contributed by atoms with Gasteiger partial charge in [-0.15, -0.1) is 0 Å². The number of aromatic nitrogens is 1. The molecule has 2 aromatic heterocycles. The minimum atomic E-state index is 0.110. The summed E-state index contributed by atoms with van der Waals surface area (Å²) < 4.78 is 11.9. The third-order valence-corrected chi connectivity index (χ3v) is 5.00. The molecule has 0 aliphatic rings. The van der Waals surface area contributed by atoms with Gasteiger partial charge in [-0.1, -0.05) is 12.1 Å². The van der Waals surface area contributed by atoms with Crippen LogP contribution in [0.2, 0.25) is 0 Å². The number of aryl methyl sites for hydroxylation is 1. The van der Waals surface area contributed by atoms with E-state index < -0.39 is 0 Å². The highest BCUT2D eigenvalue weighted by Gasteiger charge is 2.12. The molecule has 0 saturated carbocycles. The molecule has 2 heterocycles. The van der Waals surface area contributed by atoms with Crippen LogP contribution in [0.15, 0.2) is 65.4 Å². The molecule has 30 heavy (non-hydrogen) atoms. The fourth-order valence-corrected chi connectivity index (χ4v) is 3.57. The molecule has 0 amide bonds. The second-order valence-corrected chi connectivity index (χ2v) is 7.50. The lowest BCUT2D eigenvalue weighted by molar-refractivity contribution is -0.116. The molecule has 2 N–H and O–H groups in total. The number of carbonyl (C=O) groups is 1. The summed E-state index contributed by atoms with van der Waals surface area (Å²) in [6.45, 7) is 4.37. The van der Waals surface area contributed by atoms with Gasteiger partial charge in [0.05, 0.1) is 12.0 Å². The van der Waals surface area contributed by atoms with Crippen LogP contribution >= 0.6 is 0 Å². The zero-order valence-electron chi connectivity index (χ0n) is 17.1. The van der Waals surface area contributed by atoms with Crippen molar-refractivity contribution in [3.8, 4) is 16.9 Å². The lowest BCUT2D eigenvalue weighted by Crippen LogP contribution is -2.03. The van der Waals surface area contributed by atoms with Crippen molar-refractivity contribution in [2.45, 2.75) is 33.4 Å². The molecule has 5 nitrogen and oxygen atoms in total.